The van der Waals surface area contributed by atoms with Crippen LogP contribution in [-0.4, -0.2) is 15.0 Å². The number of H-pyrrole nitrogens is 1. The normalized spacial score (nSPS) is 12.0. The van der Waals surface area contributed by atoms with Crippen LogP contribution in [0, 0.1) is 0 Å². The lowest BCUT2D eigenvalue weighted by Crippen LogP contribution is -2.10. The number of hydrogen-bond acceptors (Lipinski definition) is 5. The molecule has 0 saturated heterocycles. The van der Waals surface area contributed by atoms with Gasteiger partial charge in [0.25, 0.3) is 5.56 Å². The molecule has 0 bridgehead atoms. The quantitative estimate of drug-likeness (QED) is 0.560. The molecule has 4 aromatic rings. The molecule has 0 aliphatic carbocycles. The van der Waals surface area contributed by atoms with Crippen molar-refractivity contribution in [1.82, 2.24) is 15.0 Å². The third-order valence-electron chi connectivity index (χ3n) is 3.43. The van der Waals surface area contributed by atoms with E-state index >= 15 is 0 Å². The largest absolute Gasteiger partial charge is 0.305 e. The van der Waals surface area contributed by atoms with Crippen molar-refractivity contribution in [2.75, 3.05) is 0 Å². The Kier molecular flexibility index (Phi) is 4.02. The smallest absolute Gasteiger partial charge is 0.260 e. The molecule has 0 atom stereocenters. The van der Waals surface area contributed by atoms with Gasteiger partial charge in [-0.15, -0.1) is 22.7 Å². The number of fused-ring (bicyclic) bond motifs is 1. The molecular weight excluding hydrogens is 362 g/mol. The van der Waals surface area contributed by atoms with Gasteiger partial charge in [0.05, 0.1) is 10.4 Å². The fourth-order valence-electron chi connectivity index (χ4n) is 2.35. The van der Waals surface area contributed by atoms with E-state index in [1.807, 2.05) is 35.0 Å². The summed E-state index contributed by atoms with van der Waals surface area (Å²) in [5.74, 6) is 0.359. The van der Waals surface area contributed by atoms with Gasteiger partial charge >= 0.3 is 0 Å². The van der Waals surface area contributed by atoms with Crippen molar-refractivity contribution in [2.45, 2.75) is 0 Å². The molecule has 24 heavy (non-hydrogen) atoms. The predicted molar refractivity (Wildman–Crippen MR) is 102 cm³/mol. The number of aromatic nitrogens is 3. The highest BCUT2D eigenvalue weighted by atomic mass is 35.5. The number of aromatic amines is 1. The topological polar surface area (TPSA) is 58.6 Å². The van der Waals surface area contributed by atoms with Crippen molar-refractivity contribution in [2.24, 2.45) is 0 Å². The minimum absolute atomic E-state index is 0.183. The van der Waals surface area contributed by atoms with Crippen LogP contribution in [0.1, 0.15) is 11.4 Å². The standard InChI is InChI=1S/C17H10ClN3OS2/c18-12(7-10-3-1-5-19-8-10)15-20-16(22)14-11(9-24-17(14)21-15)13-4-2-6-23-13/h1-9H,(H,20,21,22)/b12-7-. The van der Waals surface area contributed by atoms with Gasteiger partial charge in [0.15, 0.2) is 5.82 Å². The van der Waals surface area contributed by atoms with E-state index in [2.05, 4.69) is 15.0 Å². The Hall–Kier alpha value is -2.28. The summed E-state index contributed by atoms with van der Waals surface area (Å²) in [6.07, 6.45) is 5.11. The van der Waals surface area contributed by atoms with E-state index in [1.54, 1.807) is 29.8 Å². The minimum atomic E-state index is -0.183. The van der Waals surface area contributed by atoms with E-state index in [-0.39, 0.29) is 5.56 Å². The zero-order valence-corrected chi connectivity index (χ0v) is 14.6. The maximum absolute atomic E-state index is 12.6. The fraction of sp³-hybridized carbons (Fsp3) is 0. The summed E-state index contributed by atoms with van der Waals surface area (Å²) < 4.78 is 0. The van der Waals surface area contributed by atoms with Gasteiger partial charge in [0, 0.05) is 28.2 Å². The van der Waals surface area contributed by atoms with Gasteiger partial charge in [-0.3, -0.25) is 9.78 Å². The Labute approximate surface area is 150 Å². The Morgan fingerprint density at radius 3 is 2.92 bits per heavy atom. The average molecular weight is 372 g/mol. The van der Waals surface area contributed by atoms with Crippen molar-refractivity contribution in [3.05, 3.63) is 69.2 Å². The SMILES string of the molecule is O=c1[nH]c(/C(Cl)=C/c2cccnc2)nc2scc(-c3cccs3)c12. The third-order valence-corrected chi connectivity index (χ3v) is 5.50. The van der Waals surface area contributed by atoms with E-state index in [9.17, 15) is 4.79 Å². The molecule has 4 nitrogen and oxygen atoms in total. The second kappa shape index (κ2) is 6.32. The van der Waals surface area contributed by atoms with Crippen molar-refractivity contribution >= 4 is 55.6 Å². The lowest BCUT2D eigenvalue weighted by molar-refractivity contribution is 1.14. The first kappa shape index (κ1) is 15.3. The molecular formula is C17H10ClN3OS2. The molecule has 0 aliphatic rings. The van der Waals surface area contributed by atoms with Crippen LogP contribution in [-0.2, 0) is 0 Å². The van der Waals surface area contributed by atoms with Crippen molar-refractivity contribution in [3.63, 3.8) is 0 Å². The molecule has 4 heterocycles. The van der Waals surface area contributed by atoms with Crippen LogP contribution in [0.3, 0.4) is 0 Å². The van der Waals surface area contributed by atoms with Gasteiger partial charge in [-0.25, -0.2) is 4.98 Å². The first-order valence-corrected chi connectivity index (χ1v) is 9.19. The number of hydrogen-bond donors (Lipinski definition) is 1. The molecule has 0 radical (unpaired) electrons. The molecule has 0 aromatic carbocycles. The van der Waals surface area contributed by atoms with Crippen molar-refractivity contribution < 1.29 is 0 Å². The Bertz CT molecular complexity index is 1080. The predicted octanol–water partition coefficient (Wildman–Crippen LogP) is 4.85. The lowest BCUT2D eigenvalue weighted by atomic mass is 10.2. The van der Waals surface area contributed by atoms with Crippen molar-refractivity contribution in [3.8, 4) is 10.4 Å². The highest BCUT2D eigenvalue weighted by molar-refractivity contribution is 7.18. The van der Waals surface area contributed by atoms with E-state index in [1.165, 1.54) is 11.3 Å². The second-order valence-corrected chi connectivity index (χ2v) is 7.21. The van der Waals surface area contributed by atoms with Crippen LogP contribution in [0.25, 0.3) is 31.8 Å². The molecule has 0 spiro atoms. The summed E-state index contributed by atoms with van der Waals surface area (Å²) in [5.41, 5.74) is 1.57. The van der Waals surface area contributed by atoms with Gasteiger partial charge in [0.1, 0.15) is 4.83 Å². The molecule has 0 aliphatic heterocycles. The Morgan fingerprint density at radius 1 is 1.25 bits per heavy atom. The number of nitrogens with one attached hydrogen (secondary N) is 1. The lowest BCUT2D eigenvalue weighted by Gasteiger charge is -2.01. The van der Waals surface area contributed by atoms with E-state index < -0.39 is 0 Å². The highest BCUT2D eigenvalue weighted by Gasteiger charge is 2.14. The molecule has 118 valence electrons. The summed E-state index contributed by atoms with van der Waals surface area (Å²) in [4.78, 5) is 25.6. The van der Waals surface area contributed by atoms with Crippen LogP contribution >= 0.6 is 34.3 Å². The maximum atomic E-state index is 12.6. The molecule has 4 rings (SSSR count). The fourth-order valence-corrected chi connectivity index (χ4v) is 4.33. The summed E-state index contributed by atoms with van der Waals surface area (Å²) in [7, 11) is 0. The Balaban J connectivity index is 1.82. The first-order valence-electron chi connectivity index (χ1n) is 7.05. The number of thiophene rings is 2. The minimum Gasteiger partial charge on any atom is -0.305 e. The number of nitrogens with zero attached hydrogens (tertiary/aromatic N) is 2. The molecule has 0 saturated carbocycles. The van der Waals surface area contributed by atoms with Gasteiger partial charge in [-0.1, -0.05) is 23.7 Å². The average Bonchev–Trinajstić information content (AvgIpc) is 3.24. The Morgan fingerprint density at radius 2 is 2.17 bits per heavy atom. The highest BCUT2D eigenvalue weighted by Crippen LogP contribution is 2.34. The molecule has 0 unspecified atom stereocenters. The van der Waals surface area contributed by atoms with Gasteiger partial charge < -0.3 is 4.98 Å². The second-order valence-electron chi connectivity index (χ2n) is 5.00. The van der Waals surface area contributed by atoms with Crippen LogP contribution in [0.2, 0.25) is 0 Å². The first-order chi connectivity index (χ1) is 11.7. The summed E-state index contributed by atoms with van der Waals surface area (Å²) in [6.45, 7) is 0. The molecule has 0 amide bonds. The molecule has 1 N–H and O–H groups in total. The van der Waals surface area contributed by atoms with Gasteiger partial charge in [0.2, 0.25) is 0 Å². The van der Waals surface area contributed by atoms with E-state index in [0.29, 0.717) is 21.1 Å². The van der Waals surface area contributed by atoms with Gasteiger partial charge in [-0.05, 0) is 29.2 Å². The maximum Gasteiger partial charge on any atom is 0.260 e. The summed E-state index contributed by atoms with van der Waals surface area (Å²) >= 11 is 9.37. The van der Waals surface area contributed by atoms with Crippen LogP contribution in [0.15, 0.2) is 52.2 Å². The summed E-state index contributed by atoms with van der Waals surface area (Å²) in [5, 5.41) is 4.92. The molecule has 7 heteroatoms. The zero-order valence-electron chi connectivity index (χ0n) is 12.2. The number of halogens is 1. The van der Waals surface area contributed by atoms with Crippen LogP contribution < -0.4 is 5.56 Å². The molecule has 4 aromatic heterocycles. The van der Waals surface area contributed by atoms with Crippen LogP contribution in [0.5, 0.6) is 0 Å². The van der Waals surface area contributed by atoms with E-state index in [4.69, 9.17) is 11.6 Å². The van der Waals surface area contributed by atoms with Gasteiger partial charge in [-0.2, -0.15) is 0 Å². The monoisotopic (exact) mass is 371 g/mol. The van der Waals surface area contributed by atoms with Crippen molar-refractivity contribution in [1.29, 1.82) is 0 Å². The summed E-state index contributed by atoms with van der Waals surface area (Å²) in [6, 6.07) is 7.66. The third kappa shape index (κ3) is 2.80. The van der Waals surface area contributed by atoms with E-state index in [0.717, 1.165) is 16.0 Å². The zero-order chi connectivity index (χ0) is 16.5. The number of rotatable bonds is 3. The molecule has 0 fully saturated rings. The number of pyridine rings is 1. The van der Waals surface area contributed by atoms with Crippen LogP contribution in [0.4, 0.5) is 0 Å².